The molecule has 0 aromatic carbocycles. The Morgan fingerprint density at radius 2 is 2.31 bits per heavy atom. The standard InChI is InChI=1S/C12H15N3O/c1-15-9-10(8-14-15)12(16)6-5-11-4-2-3-7-13-11/h2-4,7-9,12,16H,5-6H2,1H3. The maximum atomic E-state index is 9.91. The highest BCUT2D eigenvalue weighted by molar-refractivity contribution is 5.09. The predicted molar refractivity (Wildman–Crippen MR) is 60.7 cm³/mol. The van der Waals surface area contributed by atoms with Gasteiger partial charge in [-0.05, 0) is 25.0 Å². The number of aryl methyl sites for hydroxylation is 2. The van der Waals surface area contributed by atoms with Crippen LogP contribution in [0.4, 0.5) is 0 Å². The van der Waals surface area contributed by atoms with Crippen LogP contribution in [0.2, 0.25) is 0 Å². The number of aliphatic hydroxyl groups excluding tert-OH is 1. The molecule has 0 radical (unpaired) electrons. The molecule has 1 atom stereocenters. The highest BCUT2D eigenvalue weighted by atomic mass is 16.3. The molecular weight excluding hydrogens is 202 g/mol. The van der Waals surface area contributed by atoms with Gasteiger partial charge in [-0.25, -0.2) is 0 Å². The number of hydrogen-bond acceptors (Lipinski definition) is 3. The highest BCUT2D eigenvalue weighted by Gasteiger charge is 2.09. The summed E-state index contributed by atoms with van der Waals surface area (Å²) < 4.78 is 1.69. The number of aromatic nitrogens is 3. The summed E-state index contributed by atoms with van der Waals surface area (Å²) in [5.41, 5.74) is 1.86. The van der Waals surface area contributed by atoms with Gasteiger partial charge in [-0.2, -0.15) is 5.10 Å². The molecule has 4 heteroatoms. The minimum atomic E-state index is -0.462. The van der Waals surface area contributed by atoms with Crippen molar-refractivity contribution in [3.05, 3.63) is 48.0 Å². The third kappa shape index (κ3) is 2.67. The third-order valence-corrected chi connectivity index (χ3v) is 2.51. The maximum absolute atomic E-state index is 9.91. The van der Waals surface area contributed by atoms with Gasteiger partial charge in [-0.15, -0.1) is 0 Å². The fourth-order valence-corrected chi connectivity index (χ4v) is 1.61. The first kappa shape index (κ1) is 10.8. The van der Waals surface area contributed by atoms with Crippen molar-refractivity contribution in [2.45, 2.75) is 18.9 Å². The quantitative estimate of drug-likeness (QED) is 0.844. The van der Waals surface area contributed by atoms with Crippen molar-refractivity contribution in [3.8, 4) is 0 Å². The topological polar surface area (TPSA) is 50.9 Å². The molecule has 2 aromatic rings. The van der Waals surface area contributed by atoms with Crippen LogP contribution in [-0.4, -0.2) is 19.9 Å². The number of pyridine rings is 1. The van der Waals surface area contributed by atoms with Crippen molar-refractivity contribution >= 4 is 0 Å². The van der Waals surface area contributed by atoms with E-state index in [1.165, 1.54) is 0 Å². The van der Waals surface area contributed by atoms with Crippen molar-refractivity contribution in [2.75, 3.05) is 0 Å². The molecule has 0 aliphatic carbocycles. The number of aliphatic hydroxyl groups is 1. The summed E-state index contributed by atoms with van der Waals surface area (Å²) >= 11 is 0. The Bertz CT molecular complexity index is 439. The highest BCUT2D eigenvalue weighted by Crippen LogP contribution is 2.17. The van der Waals surface area contributed by atoms with Crippen LogP contribution in [0.1, 0.15) is 23.8 Å². The molecule has 0 saturated heterocycles. The van der Waals surface area contributed by atoms with Gasteiger partial charge in [0.15, 0.2) is 0 Å². The van der Waals surface area contributed by atoms with Gasteiger partial charge in [0.2, 0.25) is 0 Å². The summed E-state index contributed by atoms with van der Waals surface area (Å²) in [7, 11) is 1.84. The van der Waals surface area contributed by atoms with Crippen molar-refractivity contribution in [3.63, 3.8) is 0 Å². The van der Waals surface area contributed by atoms with Crippen LogP contribution in [-0.2, 0) is 13.5 Å². The number of rotatable bonds is 4. The van der Waals surface area contributed by atoms with Crippen molar-refractivity contribution in [2.24, 2.45) is 7.05 Å². The molecule has 2 rings (SSSR count). The molecule has 0 aliphatic rings. The second-order valence-electron chi connectivity index (χ2n) is 3.82. The predicted octanol–water partition coefficient (Wildman–Crippen LogP) is 1.48. The van der Waals surface area contributed by atoms with E-state index >= 15 is 0 Å². The minimum absolute atomic E-state index is 0.462. The Hall–Kier alpha value is -1.68. The van der Waals surface area contributed by atoms with Gasteiger partial charge < -0.3 is 5.11 Å². The first-order valence-electron chi connectivity index (χ1n) is 5.32. The molecule has 0 spiro atoms. The van der Waals surface area contributed by atoms with Gasteiger partial charge in [0.1, 0.15) is 0 Å². The molecule has 0 saturated carbocycles. The summed E-state index contributed by atoms with van der Waals surface area (Å²) in [5.74, 6) is 0. The number of nitrogens with zero attached hydrogens (tertiary/aromatic N) is 3. The Morgan fingerprint density at radius 1 is 1.44 bits per heavy atom. The molecule has 2 aromatic heterocycles. The lowest BCUT2D eigenvalue weighted by molar-refractivity contribution is 0.167. The van der Waals surface area contributed by atoms with Crippen molar-refractivity contribution < 1.29 is 5.11 Å². The fraction of sp³-hybridized carbons (Fsp3) is 0.333. The van der Waals surface area contributed by atoms with E-state index in [4.69, 9.17) is 0 Å². The normalized spacial score (nSPS) is 12.6. The van der Waals surface area contributed by atoms with Gasteiger partial charge in [-0.3, -0.25) is 9.67 Å². The molecule has 0 aliphatic heterocycles. The zero-order valence-corrected chi connectivity index (χ0v) is 9.24. The largest absolute Gasteiger partial charge is 0.388 e. The average molecular weight is 217 g/mol. The molecular formula is C12H15N3O. The van der Waals surface area contributed by atoms with E-state index in [2.05, 4.69) is 10.1 Å². The molecule has 0 fully saturated rings. The SMILES string of the molecule is Cn1cc(C(O)CCc2ccccn2)cn1. The van der Waals surface area contributed by atoms with E-state index in [1.807, 2.05) is 31.4 Å². The monoisotopic (exact) mass is 217 g/mol. The van der Waals surface area contributed by atoms with Crippen LogP contribution in [0.5, 0.6) is 0 Å². The van der Waals surface area contributed by atoms with Crippen LogP contribution in [0.25, 0.3) is 0 Å². The van der Waals surface area contributed by atoms with Crippen LogP contribution in [0, 0.1) is 0 Å². The van der Waals surface area contributed by atoms with Gasteiger partial charge >= 0.3 is 0 Å². The molecule has 16 heavy (non-hydrogen) atoms. The molecule has 84 valence electrons. The van der Waals surface area contributed by atoms with E-state index in [0.29, 0.717) is 6.42 Å². The molecule has 2 heterocycles. The Kier molecular flexibility index (Phi) is 3.31. The zero-order chi connectivity index (χ0) is 11.4. The van der Waals surface area contributed by atoms with Gasteiger partial charge in [0.05, 0.1) is 12.3 Å². The summed E-state index contributed by atoms with van der Waals surface area (Å²) in [6, 6.07) is 5.82. The first-order valence-corrected chi connectivity index (χ1v) is 5.32. The molecule has 1 N–H and O–H groups in total. The van der Waals surface area contributed by atoms with Crippen molar-refractivity contribution in [1.29, 1.82) is 0 Å². The van der Waals surface area contributed by atoms with Gasteiger partial charge in [0, 0.05) is 30.7 Å². The molecule has 1 unspecified atom stereocenters. The average Bonchev–Trinajstić information content (AvgIpc) is 2.74. The van der Waals surface area contributed by atoms with Crippen molar-refractivity contribution in [1.82, 2.24) is 14.8 Å². The lowest BCUT2D eigenvalue weighted by Crippen LogP contribution is -1.99. The van der Waals surface area contributed by atoms with E-state index in [1.54, 1.807) is 17.1 Å². The molecule has 0 amide bonds. The molecule has 0 bridgehead atoms. The zero-order valence-electron chi connectivity index (χ0n) is 9.24. The Balaban J connectivity index is 1.91. The first-order chi connectivity index (χ1) is 7.75. The lowest BCUT2D eigenvalue weighted by Gasteiger charge is -2.07. The van der Waals surface area contributed by atoms with Crippen LogP contribution in [0.3, 0.4) is 0 Å². The second kappa shape index (κ2) is 4.90. The fourth-order valence-electron chi connectivity index (χ4n) is 1.61. The van der Waals surface area contributed by atoms with Gasteiger partial charge in [-0.1, -0.05) is 6.07 Å². The Labute approximate surface area is 94.6 Å². The maximum Gasteiger partial charge on any atom is 0.0824 e. The minimum Gasteiger partial charge on any atom is -0.388 e. The smallest absolute Gasteiger partial charge is 0.0824 e. The molecule has 4 nitrogen and oxygen atoms in total. The van der Waals surface area contributed by atoms with Crippen LogP contribution >= 0.6 is 0 Å². The summed E-state index contributed by atoms with van der Waals surface area (Å²) in [5, 5.41) is 13.9. The summed E-state index contributed by atoms with van der Waals surface area (Å²) in [4.78, 5) is 4.22. The van der Waals surface area contributed by atoms with E-state index < -0.39 is 6.10 Å². The number of hydrogen-bond donors (Lipinski definition) is 1. The van der Waals surface area contributed by atoms with E-state index in [-0.39, 0.29) is 0 Å². The summed E-state index contributed by atoms with van der Waals surface area (Å²) in [6.45, 7) is 0. The second-order valence-corrected chi connectivity index (χ2v) is 3.82. The van der Waals surface area contributed by atoms with E-state index in [9.17, 15) is 5.11 Å². The van der Waals surface area contributed by atoms with Crippen LogP contribution < -0.4 is 0 Å². The Morgan fingerprint density at radius 3 is 2.94 bits per heavy atom. The van der Waals surface area contributed by atoms with Crippen LogP contribution in [0.15, 0.2) is 36.8 Å². The van der Waals surface area contributed by atoms with Gasteiger partial charge in [0.25, 0.3) is 0 Å². The van der Waals surface area contributed by atoms with E-state index in [0.717, 1.165) is 17.7 Å². The third-order valence-electron chi connectivity index (χ3n) is 2.51. The summed E-state index contributed by atoms with van der Waals surface area (Å²) in [6.07, 6.45) is 6.29. The lowest BCUT2D eigenvalue weighted by atomic mass is 10.1.